The molecule has 0 bridgehead atoms. The third kappa shape index (κ3) is 8.40. The molecule has 3 unspecified atom stereocenters. The van der Waals surface area contributed by atoms with Gasteiger partial charge in [0.05, 0.1) is 11.4 Å². The predicted octanol–water partition coefficient (Wildman–Crippen LogP) is 21.9. The molecule has 4 aliphatic rings. The van der Waals surface area contributed by atoms with Crippen LogP contribution >= 0.6 is 11.8 Å². The Balaban J connectivity index is 0.710. The molecular weight excluding hydrogens is 1140 g/mol. The highest BCUT2D eigenvalue weighted by atomic mass is 32.2. The monoisotopic (exact) mass is 1200 g/mol. The van der Waals surface area contributed by atoms with Gasteiger partial charge in [0.2, 0.25) is 0 Å². The number of furan rings is 1. The van der Waals surface area contributed by atoms with Crippen molar-refractivity contribution in [1.29, 1.82) is 0 Å². The summed E-state index contributed by atoms with van der Waals surface area (Å²) in [6.45, 7) is 9.55. The van der Waals surface area contributed by atoms with E-state index in [9.17, 15) is 0 Å². The molecule has 5 nitrogen and oxygen atoms in total. The van der Waals surface area contributed by atoms with E-state index in [1.807, 2.05) is 30.0 Å². The van der Waals surface area contributed by atoms with E-state index in [-0.39, 0.29) is 16.1 Å². The van der Waals surface area contributed by atoms with Crippen LogP contribution in [-0.4, -0.2) is 25.2 Å². The van der Waals surface area contributed by atoms with E-state index in [1.54, 1.807) is 0 Å². The number of hydrogen-bond donors (Lipinski definition) is 0. The van der Waals surface area contributed by atoms with Crippen molar-refractivity contribution < 1.29 is 4.42 Å². The Morgan fingerprint density at radius 2 is 0.902 bits per heavy atom. The van der Waals surface area contributed by atoms with Crippen LogP contribution in [0.2, 0.25) is 0 Å². The van der Waals surface area contributed by atoms with E-state index in [1.165, 1.54) is 55.0 Å². The van der Waals surface area contributed by atoms with Crippen molar-refractivity contribution in [2.45, 2.75) is 54.1 Å². The molecule has 0 amide bonds. The number of pyridine rings is 1. The third-order valence-electron chi connectivity index (χ3n) is 20.3. The number of rotatable bonds is 9. The number of hydrogen-bond acceptors (Lipinski definition) is 6. The van der Waals surface area contributed by atoms with Gasteiger partial charge < -0.3 is 4.42 Å². The van der Waals surface area contributed by atoms with Crippen molar-refractivity contribution in [2.75, 3.05) is 0 Å². The highest BCUT2D eigenvalue weighted by Gasteiger charge is 2.52. The van der Waals surface area contributed by atoms with Gasteiger partial charge >= 0.3 is 0 Å². The van der Waals surface area contributed by atoms with Gasteiger partial charge in [0, 0.05) is 70.5 Å². The van der Waals surface area contributed by atoms with Gasteiger partial charge in [0.1, 0.15) is 11.2 Å². The second-order valence-electron chi connectivity index (χ2n) is 25.9. The second kappa shape index (κ2) is 20.6. The average Bonchev–Trinajstić information content (AvgIpc) is 1.54. The quantitative estimate of drug-likeness (QED) is 0.143. The molecule has 0 saturated heterocycles. The lowest BCUT2D eigenvalue weighted by atomic mass is 9.71. The molecule has 11 aromatic carbocycles. The Kier molecular flexibility index (Phi) is 12.1. The normalized spacial score (nSPS) is 17.9. The summed E-state index contributed by atoms with van der Waals surface area (Å²) in [6.07, 6.45) is 4.88. The summed E-state index contributed by atoms with van der Waals surface area (Å²) >= 11 is 2.01. The van der Waals surface area contributed by atoms with Crippen LogP contribution in [0.1, 0.15) is 61.1 Å². The van der Waals surface area contributed by atoms with Gasteiger partial charge in [-0.15, -0.1) is 11.8 Å². The number of aromatic nitrogens is 4. The molecular formula is C86H60N4OS. The SMILES string of the molecule is CC1(C)C2=C(c3cc(-c4nc(-c5ccccc5)nc(-c5ccc(-c6cccc(C7(C)c8ccc(-c9cccc(-c%10cc(-c%11ccccc%11)nc(-c%11ccccc%11)c%10)c9)cc8-c8c7ccc7c8oc8ccccc87)c6)cc5)n4)ccc31)C1Sc3ccccc3C1(C)C=C2. The number of nitrogens with zero attached hydrogens (tertiary/aromatic N) is 4. The Morgan fingerprint density at radius 3 is 1.63 bits per heavy atom. The fourth-order valence-corrected chi connectivity index (χ4v) is 17.1. The van der Waals surface area contributed by atoms with Crippen molar-refractivity contribution in [3.05, 3.63) is 324 Å². The summed E-state index contributed by atoms with van der Waals surface area (Å²) in [5, 5.41) is 2.49. The lowest BCUT2D eigenvalue weighted by Crippen LogP contribution is -2.32. The van der Waals surface area contributed by atoms with Crippen molar-refractivity contribution in [3.63, 3.8) is 0 Å². The third-order valence-corrected chi connectivity index (χ3v) is 21.9. The molecule has 0 saturated carbocycles. The minimum Gasteiger partial charge on any atom is -0.455 e. The Bertz CT molecular complexity index is 5380. The molecule has 6 heteroatoms. The molecule has 3 aliphatic carbocycles. The Labute approximate surface area is 539 Å². The van der Waals surface area contributed by atoms with E-state index >= 15 is 0 Å². The summed E-state index contributed by atoms with van der Waals surface area (Å²) in [7, 11) is 0. The smallest absolute Gasteiger partial charge is 0.164 e. The minimum atomic E-state index is -0.526. The van der Waals surface area contributed by atoms with Gasteiger partial charge in [-0.2, -0.15) is 0 Å². The summed E-state index contributed by atoms with van der Waals surface area (Å²) in [6, 6.07) is 98.4. The number of benzene rings is 11. The summed E-state index contributed by atoms with van der Waals surface area (Å²) in [4.78, 5) is 22.4. The first kappa shape index (κ1) is 54.2. The Hall–Kier alpha value is -10.8. The maximum Gasteiger partial charge on any atom is 0.164 e. The van der Waals surface area contributed by atoms with E-state index in [0.29, 0.717) is 17.5 Å². The van der Waals surface area contributed by atoms with Crippen LogP contribution in [0, 0.1) is 0 Å². The van der Waals surface area contributed by atoms with Gasteiger partial charge in [-0.05, 0) is 139 Å². The number of fused-ring (bicyclic) bond motifs is 13. The van der Waals surface area contributed by atoms with Crippen molar-refractivity contribution >= 4 is 39.3 Å². The van der Waals surface area contributed by atoms with E-state index in [2.05, 4.69) is 295 Å². The van der Waals surface area contributed by atoms with E-state index in [0.717, 1.165) is 100 Å². The molecule has 3 aromatic heterocycles. The standard InChI is InChI=1S/C86H60N4OS/c1-84(2)68-41-39-61(49-66(68)78-71(84)44-45-85(3)70-31-15-17-33-76(70)92-80(78)85)83-89-81(55-24-12-7-13-25-55)88-82(90-83)56-36-34-52(35-37-56)59-28-19-29-63(47-59)86(4)69-42-38-60(48-67(69)77-72(86)43-40-65-64-30-14-16-32-75(64)91-79(65)77)57-26-18-27-58(46-57)62-50-73(53-20-8-5-9-21-53)87-74(51-62)54-22-10-6-11-23-54/h5-51,80H,1-4H3. The lowest BCUT2D eigenvalue weighted by Gasteiger charge is -2.35. The first-order valence-corrected chi connectivity index (χ1v) is 32.6. The van der Waals surface area contributed by atoms with E-state index < -0.39 is 5.41 Å². The van der Waals surface area contributed by atoms with Crippen LogP contribution < -0.4 is 0 Å². The summed E-state index contributed by atoms with van der Waals surface area (Å²) in [5.41, 5.74) is 27.5. The number of thioether (sulfide) groups is 1. The van der Waals surface area contributed by atoms with Gasteiger partial charge in [-0.1, -0.05) is 257 Å². The van der Waals surface area contributed by atoms with Crippen molar-refractivity contribution in [2.24, 2.45) is 0 Å². The van der Waals surface area contributed by atoms with Crippen LogP contribution in [0.3, 0.4) is 0 Å². The second-order valence-corrected chi connectivity index (χ2v) is 27.1. The van der Waals surface area contributed by atoms with Crippen molar-refractivity contribution in [3.8, 4) is 101 Å². The van der Waals surface area contributed by atoms with Crippen LogP contribution in [0.4, 0.5) is 0 Å². The van der Waals surface area contributed by atoms with Crippen molar-refractivity contribution in [1.82, 2.24) is 19.9 Å². The molecule has 436 valence electrons. The molecule has 4 heterocycles. The molecule has 0 spiro atoms. The summed E-state index contributed by atoms with van der Waals surface area (Å²) in [5.74, 6) is 1.93. The first-order valence-electron chi connectivity index (χ1n) is 31.8. The zero-order valence-corrected chi connectivity index (χ0v) is 52.1. The molecule has 0 radical (unpaired) electrons. The summed E-state index contributed by atoms with van der Waals surface area (Å²) < 4.78 is 6.95. The zero-order valence-electron chi connectivity index (χ0n) is 51.3. The van der Waals surface area contributed by atoms with Crippen LogP contribution in [0.15, 0.2) is 300 Å². The van der Waals surface area contributed by atoms with Gasteiger partial charge in [0.15, 0.2) is 17.5 Å². The lowest BCUT2D eigenvalue weighted by molar-refractivity contribution is 0.607. The number of allylic oxidation sites excluding steroid dienone is 3. The highest BCUT2D eigenvalue weighted by Crippen LogP contribution is 2.63. The van der Waals surface area contributed by atoms with Gasteiger partial charge in [-0.3, -0.25) is 0 Å². The molecule has 0 N–H and O–H groups in total. The fraction of sp³-hybridized carbons (Fsp3) is 0.0930. The predicted molar refractivity (Wildman–Crippen MR) is 378 cm³/mol. The van der Waals surface area contributed by atoms with Gasteiger partial charge in [0.25, 0.3) is 0 Å². The molecule has 18 rings (SSSR count). The molecule has 14 aromatic rings. The molecule has 3 atom stereocenters. The fourth-order valence-electron chi connectivity index (χ4n) is 15.4. The average molecular weight is 1200 g/mol. The first-order chi connectivity index (χ1) is 45.0. The van der Waals surface area contributed by atoms with Crippen LogP contribution in [0.5, 0.6) is 0 Å². The van der Waals surface area contributed by atoms with E-state index in [4.69, 9.17) is 24.4 Å². The zero-order chi connectivity index (χ0) is 61.5. The Morgan fingerprint density at radius 1 is 0.370 bits per heavy atom. The molecule has 0 fully saturated rings. The maximum atomic E-state index is 6.95. The molecule has 92 heavy (non-hydrogen) atoms. The number of para-hydroxylation sites is 1. The minimum absolute atomic E-state index is 0.109. The largest absolute Gasteiger partial charge is 0.455 e. The van der Waals surface area contributed by atoms with Crippen LogP contribution in [-0.2, 0) is 16.2 Å². The van der Waals surface area contributed by atoms with Gasteiger partial charge in [-0.25, -0.2) is 19.9 Å². The van der Waals surface area contributed by atoms with Crippen LogP contribution in [0.25, 0.3) is 129 Å². The molecule has 1 aliphatic heterocycles. The maximum absolute atomic E-state index is 6.95. The highest BCUT2D eigenvalue weighted by molar-refractivity contribution is 8.00. The topological polar surface area (TPSA) is 64.7 Å².